The molecule has 3 rings (SSSR count). The topological polar surface area (TPSA) is 61.7 Å². The van der Waals surface area contributed by atoms with E-state index in [1.165, 1.54) is 0 Å². The maximum absolute atomic E-state index is 6.04. The van der Waals surface area contributed by atoms with Crippen molar-refractivity contribution >= 4 is 22.8 Å². The van der Waals surface area contributed by atoms with Crippen LogP contribution in [0.1, 0.15) is 37.0 Å². The number of halogens is 1. The number of hydrogen-bond donors (Lipinski definition) is 0. The van der Waals surface area contributed by atoms with E-state index in [9.17, 15) is 0 Å². The van der Waals surface area contributed by atoms with Crippen LogP contribution >= 0.6 is 11.6 Å². The quantitative estimate of drug-likeness (QED) is 0.680. The summed E-state index contributed by atoms with van der Waals surface area (Å²) in [6.45, 7) is 4.63. The van der Waals surface area contributed by atoms with E-state index >= 15 is 0 Å². The van der Waals surface area contributed by atoms with Crippen molar-refractivity contribution in [1.82, 2.24) is 24.3 Å². The van der Waals surface area contributed by atoms with E-state index < -0.39 is 0 Å². The lowest BCUT2D eigenvalue weighted by Gasteiger charge is -2.05. The average molecular weight is 308 g/mol. The lowest BCUT2D eigenvalue weighted by atomic mass is 10.3. The van der Waals surface area contributed by atoms with Crippen LogP contribution in [0.15, 0.2) is 10.6 Å². The van der Waals surface area contributed by atoms with Gasteiger partial charge in [-0.15, -0.1) is 11.6 Å². The van der Waals surface area contributed by atoms with Gasteiger partial charge in [0.25, 0.3) is 0 Å². The predicted molar refractivity (Wildman–Crippen MR) is 80.4 cm³/mol. The summed E-state index contributed by atoms with van der Waals surface area (Å²) in [5.74, 6) is 2.70. The van der Waals surface area contributed by atoms with E-state index in [1.54, 1.807) is 6.20 Å². The van der Waals surface area contributed by atoms with Crippen LogP contribution in [0.2, 0.25) is 0 Å². The average Bonchev–Trinajstić information content (AvgIpc) is 3.16. The molecule has 7 heteroatoms. The third-order valence-electron chi connectivity index (χ3n) is 3.57. The third-order valence-corrected chi connectivity index (χ3v) is 3.81. The smallest absolute Gasteiger partial charge is 0.214 e. The molecule has 112 valence electrons. The molecule has 6 nitrogen and oxygen atoms in total. The highest BCUT2D eigenvalue weighted by molar-refractivity contribution is 6.16. The first-order valence-corrected chi connectivity index (χ1v) is 7.61. The molecule has 0 aliphatic rings. The zero-order chi connectivity index (χ0) is 15.0. The molecule has 0 amide bonds. The van der Waals surface area contributed by atoms with E-state index in [-0.39, 0.29) is 0 Å². The van der Waals surface area contributed by atoms with Crippen molar-refractivity contribution in [2.24, 2.45) is 7.05 Å². The van der Waals surface area contributed by atoms with E-state index in [0.29, 0.717) is 18.3 Å². The Balaban J connectivity index is 2.09. The van der Waals surface area contributed by atoms with E-state index in [0.717, 1.165) is 41.3 Å². The highest BCUT2D eigenvalue weighted by atomic mass is 35.5. The van der Waals surface area contributed by atoms with Gasteiger partial charge in [-0.3, -0.25) is 4.68 Å². The summed E-state index contributed by atoms with van der Waals surface area (Å²) in [5.41, 5.74) is 2.86. The molecule has 0 spiro atoms. The summed E-state index contributed by atoms with van der Waals surface area (Å²) in [7, 11) is 1.92. The highest BCUT2D eigenvalue weighted by Crippen LogP contribution is 2.22. The number of imidazole rings is 1. The fourth-order valence-corrected chi connectivity index (χ4v) is 2.72. The van der Waals surface area contributed by atoms with Gasteiger partial charge in [-0.05, 0) is 6.42 Å². The fourth-order valence-electron chi connectivity index (χ4n) is 2.51. The van der Waals surface area contributed by atoms with Gasteiger partial charge in [0.05, 0.1) is 17.8 Å². The van der Waals surface area contributed by atoms with Crippen molar-refractivity contribution in [2.45, 2.75) is 39.1 Å². The molecule has 0 aromatic carbocycles. The zero-order valence-corrected chi connectivity index (χ0v) is 13.2. The molecule has 0 unspecified atom stereocenters. The first kappa shape index (κ1) is 14.1. The lowest BCUT2D eigenvalue weighted by Crippen LogP contribution is -2.07. The summed E-state index contributed by atoms with van der Waals surface area (Å²) >= 11 is 6.04. The van der Waals surface area contributed by atoms with Gasteiger partial charge in [-0.2, -0.15) is 5.10 Å². The van der Waals surface area contributed by atoms with Crippen LogP contribution in [0.4, 0.5) is 0 Å². The molecule has 3 heterocycles. The number of alkyl halides is 1. The van der Waals surface area contributed by atoms with Gasteiger partial charge in [-0.1, -0.05) is 13.8 Å². The van der Waals surface area contributed by atoms with Gasteiger partial charge >= 0.3 is 0 Å². The van der Waals surface area contributed by atoms with Crippen LogP contribution in [0.3, 0.4) is 0 Å². The maximum Gasteiger partial charge on any atom is 0.214 e. The van der Waals surface area contributed by atoms with Crippen molar-refractivity contribution in [3.05, 3.63) is 29.4 Å². The molecule has 0 bridgehead atoms. The maximum atomic E-state index is 6.04. The monoisotopic (exact) mass is 307 g/mol. The first-order chi connectivity index (χ1) is 10.2. The molecule has 0 atom stereocenters. The molecular formula is C14H18ClN5O. The number of rotatable bonds is 5. The Morgan fingerprint density at radius 1 is 1.29 bits per heavy atom. The normalized spacial score (nSPS) is 11.6. The second-order valence-electron chi connectivity index (χ2n) is 4.92. The van der Waals surface area contributed by atoms with Crippen molar-refractivity contribution < 1.29 is 4.42 Å². The first-order valence-electron chi connectivity index (χ1n) is 7.08. The van der Waals surface area contributed by atoms with Crippen molar-refractivity contribution in [1.29, 1.82) is 0 Å². The summed E-state index contributed by atoms with van der Waals surface area (Å²) in [4.78, 5) is 8.94. The largest absolute Gasteiger partial charge is 0.444 e. The summed E-state index contributed by atoms with van der Waals surface area (Å²) < 4.78 is 9.57. The minimum absolute atomic E-state index is 0.346. The van der Waals surface area contributed by atoms with Gasteiger partial charge in [-0.25, -0.2) is 9.97 Å². The zero-order valence-electron chi connectivity index (χ0n) is 12.4. The molecule has 0 radical (unpaired) electrons. The highest BCUT2D eigenvalue weighted by Gasteiger charge is 2.19. The summed E-state index contributed by atoms with van der Waals surface area (Å²) in [6.07, 6.45) is 3.44. The number of aryl methyl sites for hydroxylation is 3. The minimum atomic E-state index is 0.346. The molecule has 0 aliphatic carbocycles. The van der Waals surface area contributed by atoms with Crippen molar-refractivity contribution in [3.63, 3.8) is 0 Å². The second-order valence-corrected chi connectivity index (χ2v) is 5.19. The standard InChI is InChI=1S/C14H18ClN5O/c1-4-9-7-16-12(21-9)8-20-11(6-15)17-13-10(5-2)18-19(3)14(13)20/h7H,4-6,8H2,1-3H3. The Bertz CT molecular complexity index is 770. The van der Waals surface area contributed by atoms with Crippen LogP contribution in [0, 0.1) is 0 Å². The van der Waals surface area contributed by atoms with E-state index in [2.05, 4.69) is 22.0 Å². The van der Waals surface area contributed by atoms with Gasteiger partial charge in [0.15, 0.2) is 5.65 Å². The van der Waals surface area contributed by atoms with Gasteiger partial charge in [0.2, 0.25) is 5.89 Å². The van der Waals surface area contributed by atoms with Gasteiger partial charge in [0, 0.05) is 13.5 Å². The molecule has 21 heavy (non-hydrogen) atoms. The molecule has 0 aliphatic heterocycles. The predicted octanol–water partition coefficient (Wildman–Crippen LogP) is 2.67. The summed E-state index contributed by atoms with van der Waals surface area (Å²) in [5, 5.41) is 4.51. The SMILES string of the molecule is CCc1cnc(Cn2c(CCl)nc3c(CC)nn(C)c32)o1. The Kier molecular flexibility index (Phi) is 3.71. The molecule has 0 fully saturated rings. The third kappa shape index (κ3) is 2.33. The number of aromatic nitrogens is 5. The van der Waals surface area contributed by atoms with E-state index in [1.807, 2.05) is 23.2 Å². The number of hydrogen-bond acceptors (Lipinski definition) is 4. The van der Waals surface area contributed by atoms with Crippen molar-refractivity contribution in [2.75, 3.05) is 0 Å². The Labute approximate surface area is 127 Å². The Morgan fingerprint density at radius 2 is 2.10 bits per heavy atom. The second kappa shape index (κ2) is 5.52. The Morgan fingerprint density at radius 3 is 2.71 bits per heavy atom. The molecule has 0 saturated heterocycles. The van der Waals surface area contributed by atoms with Crippen LogP contribution < -0.4 is 0 Å². The van der Waals surface area contributed by atoms with Crippen molar-refractivity contribution in [3.8, 4) is 0 Å². The lowest BCUT2D eigenvalue weighted by molar-refractivity contribution is 0.445. The van der Waals surface area contributed by atoms with Gasteiger partial charge < -0.3 is 8.98 Å². The fraction of sp³-hybridized carbons (Fsp3) is 0.500. The minimum Gasteiger partial charge on any atom is -0.444 e. The Hall–Kier alpha value is -1.82. The van der Waals surface area contributed by atoms with Crippen LogP contribution in [-0.4, -0.2) is 24.3 Å². The number of nitrogens with zero attached hydrogens (tertiary/aromatic N) is 5. The van der Waals surface area contributed by atoms with Crippen LogP contribution in [0.25, 0.3) is 11.2 Å². The molecule has 3 aromatic heterocycles. The molecule has 0 N–H and O–H groups in total. The molecule has 0 saturated carbocycles. The summed E-state index contributed by atoms with van der Waals surface area (Å²) in [6, 6.07) is 0. The molecular weight excluding hydrogens is 290 g/mol. The van der Waals surface area contributed by atoms with Gasteiger partial charge in [0.1, 0.15) is 23.6 Å². The number of oxazole rings is 1. The van der Waals surface area contributed by atoms with E-state index in [4.69, 9.17) is 16.0 Å². The van der Waals surface area contributed by atoms with Crippen LogP contribution in [-0.2, 0) is 32.3 Å². The van der Waals surface area contributed by atoms with Crippen LogP contribution in [0.5, 0.6) is 0 Å². The number of fused-ring (bicyclic) bond motifs is 1. The molecule has 3 aromatic rings.